The van der Waals surface area contributed by atoms with E-state index in [0.717, 1.165) is 47.6 Å². The molecule has 4 aromatic rings. The Bertz CT molecular complexity index is 1050. The van der Waals surface area contributed by atoms with Crippen molar-refractivity contribution >= 4 is 0 Å². The molecule has 0 saturated carbocycles. The molecule has 0 aliphatic heterocycles. The van der Waals surface area contributed by atoms with Gasteiger partial charge in [0.1, 0.15) is 5.82 Å². The van der Waals surface area contributed by atoms with Gasteiger partial charge in [0, 0.05) is 18.4 Å². The molecule has 0 bridgehead atoms. The fraction of sp³-hybridized carbons (Fsp3) is 0.286. The van der Waals surface area contributed by atoms with Crippen molar-refractivity contribution in [3.63, 3.8) is 0 Å². The van der Waals surface area contributed by atoms with Crippen LogP contribution in [0.5, 0.6) is 0 Å². The lowest BCUT2D eigenvalue weighted by atomic mass is 9.98. The number of aryl methyl sites for hydroxylation is 2. The zero-order valence-corrected chi connectivity index (χ0v) is 16.4. The number of H-pyrrole nitrogens is 1. The molecule has 0 aliphatic rings. The number of hydrogen-bond donors (Lipinski definition) is 2. The third-order valence-corrected chi connectivity index (χ3v) is 4.82. The average molecular weight is 388 g/mol. The number of nitrogens with two attached hydrogens (primary N) is 1. The number of aromatic amines is 1. The first-order valence-corrected chi connectivity index (χ1v) is 9.83. The van der Waals surface area contributed by atoms with Gasteiger partial charge in [-0.3, -0.25) is 0 Å². The van der Waals surface area contributed by atoms with Crippen LogP contribution < -0.4 is 5.73 Å². The SMILES string of the molecule is CCc1nc(CCCN)nn1Cc1ccc(-c2ccccc2-c2nn[nH]n2)cc1. The van der Waals surface area contributed by atoms with Crippen LogP contribution in [0.15, 0.2) is 48.5 Å². The van der Waals surface area contributed by atoms with Gasteiger partial charge in [-0.25, -0.2) is 9.67 Å². The Balaban J connectivity index is 1.56. The summed E-state index contributed by atoms with van der Waals surface area (Å²) in [4.78, 5) is 4.64. The van der Waals surface area contributed by atoms with Crippen LogP contribution in [0.1, 0.15) is 30.6 Å². The largest absolute Gasteiger partial charge is 0.330 e. The van der Waals surface area contributed by atoms with Gasteiger partial charge < -0.3 is 5.73 Å². The van der Waals surface area contributed by atoms with Gasteiger partial charge in [0.25, 0.3) is 0 Å². The Kier molecular flexibility index (Phi) is 5.71. The lowest BCUT2D eigenvalue weighted by molar-refractivity contribution is 0.633. The maximum absolute atomic E-state index is 5.61. The minimum absolute atomic E-state index is 0.588. The third kappa shape index (κ3) is 4.22. The van der Waals surface area contributed by atoms with Gasteiger partial charge in [-0.15, -0.1) is 10.2 Å². The summed E-state index contributed by atoms with van der Waals surface area (Å²) in [6.07, 6.45) is 2.58. The first-order chi connectivity index (χ1) is 14.3. The molecule has 0 fully saturated rings. The van der Waals surface area contributed by atoms with E-state index in [1.54, 1.807) is 0 Å². The van der Waals surface area contributed by atoms with Gasteiger partial charge in [-0.2, -0.15) is 10.3 Å². The van der Waals surface area contributed by atoms with E-state index in [-0.39, 0.29) is 0 Å². The van der Waals surface area contributed by atoms with Gasteiger partial charge in [0.2, 0.25) is 5.82 Å². The molecule has 0 spiro atoms. The van der Waals surface area contributed by atoms with Crippen molar-refractivity contribution in [2.75, 3.05) is 6.54 Å². The number of rotatable bonds is 8. The van der Waals surface area contributed by atoms with Gasteiger partial charge in [0.15, 0.2) is 5.82 Å². The predicted molar refractivity (Wildman–Crippen MR) is 111 cm³/mol. The van der Waals surface area contributed by atoms with Crippen LogP contribution >= 0.6 is 0 Å². The highest BCUT2D eigenvalue weighted by atomic mass is 15.5. The molecule has 0 amide bonds. The Hall–Kier alpha value is -3.39. The monoisotopic (exact) mass is 388 g/mol. The maximum Gasteiger partial charge on any atom is 0.205 e. The van der Waals surface area contributed by atoms with E-state index in [4.69, 9.17) is 5.73 Å². The molecule has 0 aliphatic carbocycles. The van der Waals surface area contributed by atoms with Crippen LogP contribution in [-0.4, -0.2) is 41.9 Å². The van der Waals surface area contributed by atoms with Gasteiger partial charge >= 0.3 is 0 Å². The summed E-state index contributed by atoms with van der Waals surface area (Å²) >= 11 is 0. The summed E-state index contributed by atoms with van der Waals surface area (Å²) in [7, 11) is 0. The van der Waals surface area contributed by atoms with Gasteiger partial charge in [-0.05, 0) is 34.9 Å². The molecule has 8 nitrogen and oxygen atoms in total. The lowest BCUT2D eigenvalue weighted by Crippen LogP contribution is -2.06. The summed E-state index contributed by atoms with van der Waals surface area (Å²) in [5, 5.41) is 19.1. The topological polar surface area (TPSA) is 111 Å². The number of hydrogen-bond acceptors (Lipinski definition) is 6. The molecule has 3 N–H and O–H groups in total. The second-order valence-electron chi connectivity index (χ2n) is 6.83. The minimum atomic E-state index is 0.588. The van der Waals surface area contributed by atoms with Gasteiger partial charge in [0.05, 0.1) is 6.54 Å². The fourth-order valence-corrected chi connectivity index (χ4v) is 3.35. The molecule has 0 unspecified atom stereocenters. The number of nitrogens with zero attached hydrogens (tertiary/aromatic N) is 6. The second-order valence-corrected chi connectivity index (χ2v) is 6.83. The number of aromatic nitrogens is 7. The van der Waals surface area contributed by atoms with E-state index in [1.807, 2.05) is 22.9 Å². The van der Waals surface area contributed by atoms with E-state index in [2.05, 4.69) is 68.0 Å². The molecular weight excluding hydrogens is 364 g/mol. The van der Waals surface area contributed by atoms with E-state index in [0.29, 0.717) is 18.9 Å². The van der Waals surface area contributed by atoms with Crippen LogP contribution in [-0.2, 0) is 19.4 Å². The molecule has 2 heterocycles. The maximum atomic E-state index is 5.61. The molecule has 8 heteroatoms. The van der Waals surface area contributed by atoms with Crippen molar-refractivity contribution in [1.29, 1.82) is 0 Å². The van der Waals surface area contributed by atoms with Crippen LogP contribution in [0.3, 0.4) is 0 Å². The minimum Gasteiger partial charge on any atom is -0.330 e. The second kappa shape index (κ2) is 8.74. The molecule has 2 aromatic heterocycles. The van der Waals surface area contributed by atoms with Crippen molar-refractivity contribution in [1.82, 2.24) is 35.4 Å². The quantitative estimate of drug-likeness (QED) is 0.480. The summed E-state index contributed by atoms with van der Waals surface area (Å²) in [5.74, 6) is 2.46. The molecule has 0 atom stereocenters. The highest BCUT2D eigenvalue weighted by molar-refractivity contribution is 5.80. The molecule has 29 heavy (non-hydrogen) atoms. The van der Waals surface area contributed by atoms with Crippen LogP contribution in [0.2, 0.25) is 0 Å². The standard InChI is InChI=1S/C21H24N8/c1-2-20-23-19(8-5-13-22)26-29(20)14-15-9-11-16(12-10-15)17-6-3-4-7-18(17)21-24-27-28-25-21/h3-4,6-7,9-12H,2,5,8,13-14,22H2,1H3,(H,24,25,27,28). The third-order valence-electron chi connectivity index (χ3n) is 4.82. The zero-order chi connectivity index (χ0) is 20.1. The number of tetrazole rings is 1. The normalized spacial score (nSPS) is 11.1. The van der Waals surface area contributed by atoms with Crippen molar-refractivity contribution < 1.29 is 0 Å². The van der Waals surface area contributed by atoms with Crippen molar-refractivity contribution in [3.05, 3.63) is 65.7 Å². The first-order valence-electron chi connectivity index (χ1n) is 9.83. The molecule has 4 rings (SSSR count). The summed E-state index contributed by atoms with van der Waals surface area (Å²) in [6, 6.07) is 16.5. The average Bonchev–Trinajstić information content (AvgIpc) is 3.43. The molecule has 0 saturated heterocycles. The molecular formula is C21H24N8. The Labute approximate surface area is 169 Å². The van der Waals surface area contributed by atoms with Crippen molar-refractivity contribution in [2.45, 2.75) is 32.7 Å². The van der Waals surface area contributed by atoms with E-state index < -0.39 is 0 Å². The summed E-state index contributed by atoms with van der Waals surface area (Å²) in [5.41, 5.74) is 9.90. The van der Waals surface area contributed by atoms with Crippen LogP contribution in [0, 0.1) is 0 Å². The summed E-state index contributed by atoms with van der Waals surface area (Å²) in [6.45, 7) is 3.46. The molecule has 2 aromatic carbocycles. The lowest BCUT2D eigenvalue weighted by Gasteiger charge is -2.09. The van der Waals surface area contributed by atoms with Crippen LogP contribution in [0.4, 0.5) is 0 Å². The zero-order valence-electron chi connectivity index (χ0n) is 16.4. The van der Waals surface area contributed by atoms with E-state index in [1.165, 1.54) is 5.56 Å². The van der Waals surface area contributed by atoms with Crippen LogP contribution in [0.25, 0.3) is 22.5 Å². The Morgan fingerprint density at radius 2 is 1.83 bits per heavy atom. The fourth-order valence-electron chi connectivity index (χ4n) is 3.35. The predicted octanol–water partition coefficient (Wildman–Crippen LogP) is 2.63. The number of benzene rings is 2. The Morgan fingerprint density at radius 3 is 2.52 bits per heavy atom. The number of nitrogens with one attached hydrogen (secondary N) is 1. The Morgan fingerprint density at radius 1 is 1.03 bits per heavy atom. The van der Waals surface area contributed by atoms with E-state index in [9.17, 15) is 0 Å². The van der Waals surface area contributed by atoms with Gasteiger partial charge in [-0.1, -0.05) is 55.5 Å². The molecule has 0 radical (unpaired) electrons. The highest BCUT2D eigenvalue weighted by Gasteiger charge is 2.12. The highest BCUT2D eigenvalue weighted by Crippen LogP contribution is 2.29. The van der Waals surface area contributed by atoms with Crippen molar-refractivity contribution in [2.24, 2.45) is 5.73 Å². The summed E-state index contributed by atoms with van der Waals surface area (Å²) < 4.78 is 1.99. The smallest absolute Gasteiger partial charge is 0.205 e. The van der Waals surface area contributed by atoms with Crippen molar-refractivity contribution in [3.8, 4) is 22.5 Å². The molecule has 148 valence electrons. The van der Waals surface area contributed by atoms with E-state index >= 15 is 0 Å². The first kappa shape index (κ1) is 18.9.